The van der Waals surface area contributed by atoms with Crippen molar-refractivity contribution in [2.24, 2.45) is 0 Å². The molecular formula is C26H23N3O4S. The van der Waals surface area contributed by atoms with E-state index in [0.717, 1.165) is 35.6 Å². The first-order chi connectivity index (χ1) is 16.7. The molecule has 1 aliphatic rings. The van der Waals surface area contributed by atoms with Crippen LogP contribution in [0, 0.1) is 0 Å². The number of aromatic nitrogens is 2. The fraction of sp³-hybridized carbons (Fsp3) is 0.192. The quantitative estimate of drug-likeness (QED) is 0.261. The Balaban J connectivity index is 1.30. The summed E-state index contributed by atoms with van der Waals surface area (Å²) < 4.78 is 13.1. The van der Waals surface area contributed by atoms with Gasteiger partial charge < -0.3 is 18.9 Å². The zero-order valence-corrected chi connectivity index (χ0v) is 19.2. The molecule has 1 saturated heterocycles. The second-order valence-electron chi connectivity index (χ2n) is 7.92. The van der Waals surface area contributed by atoms with Crippen molar-refractivity contribution in [3.63, 3.8) is 0 Å². The summed E-state index contributed by atoms with van der Waals surface area (Å²) in [7, 11) is 0. The molecule has 0 saturated carbocycles. The lowest BCUT2D eigenvalue weighted by Crippen LogP contribution is -2.40. The van der Waals surface area contributed by atoms with E-state index in [1.54, 1.807) is 29.2 Å². The summed E-state index contributed by atoms with van der Waals surface area (Å²) in [5.74, 6) is 1.03. The molecule has 0 radical (unpaired) electrons. The maximum atomic E-state index is 12.6. The number of carbonyl (C=O) groups is 2. The number of carbonyl (C=O) groups excluding carboxylic acids is 2. The lowest BCUT2D eigenvalue weighted by molar-refractivity contribution is 0.131. The van der Waals surface area contributed by atoms with Crippen LogP contribution >= 0.6 is 11.8 Å². The highest BCUT2D eigenvalue weighted by atomic mass is 32.2. The average molecular weight is 474 g/mol. The lowest BCUT2D eigenvalue weighted by atomic mass is 10.1. The van der Waals surface area contributed by atoms with Gasteiger partial charge in [-0.2, -0.15) is 0 Å². The number of rotatable bonds is 4. The predicted molar refractivity (Wildman–Crippen MR) is 130 cm³/mol. The standard InChI is InChI=1S/C26H23N3O4S/c30-25(32-20-9-3-1-4-10-20)28-17-15-19(16-18-28)29-23-14-8-7-13-22(23)27-24(29)34-26(31)33-21-11-5-2-6-12-21/h1-14,19H,15-18H2. The minimum Gasteiger partial charge on any atom is -0.418 e. The van der Waals surface area contributed by atoms with Gasteiger partial charge in [0, 0.05) is 30.9 Å². The molecule has 1 aliphatic heterocycles. The summed E-state index contributed by atoms with van der Waals surface area (Å²) in [5, 5.41) is 0.152. The van der Waals surface area contributed by atoms with Crippen molar-refractivity contribution in [2.75, 3.05) is 13.1 Å². The van der Waals surface area contributed by atoms with Crippen LogP contribution in [0.3, 0.4) is 0 Å². The largest absolute Gasteiger partial charge is 0.418 e. The number of thioether (sulfide) groups is 1. The Hall–Kier alpha value is -3.78. The van der Waals surface area contributed by atoms with Gasteiger partial charge in [0.15, 0.2) is 5.16 Å². The molecule has 0 spiro atoms. The van der Waals surface area contributed by atoms with Gasteiger partial charge in [-0.3, -0.25) is 0 Å². The monoisotopic (exact) mass is 473 g/mol. The van der Waals surface area contributed by atoms with E-state index in [0.29, 0.717) is 29.7 Å². The predicted octanol–water partition coefficient (Wildman–Crippen LogP) is 6.16. The normalized spacial score (nSPS) is 14.2. The number of para-hydroxylation sites is 4. The number of ether oxygens (including phenoxy) is 2. The molecule has 7 nitrogen and oxygen atoms in total. The van der Waals surface area contributed by atoms with Gasteiger partial charge in [0.25, 0.3) is 0 Å². The van der Waals surface area contributed by atoms with Crippen LogP contribution in [0.15, 0.2) is 90.1 Å². The third-order valence-corrected chi connectivity index (χ3v) is 6.44. The van der Waals surface area contributed by atoms with Crippen molar-refractivity contribution >= 4 is 34.2 Å². The third-order valence-electron chi connectivity index (χ3n) is 5.72. The zero-order chi connectivity index (χ0) is 23.3. The van der Waals surface area contributed by atoms with Crippen molar-refractivity contribution in [3.05, 3.63) is 84.9 Å². The molecule has 5 rings (SSSR count). The van der Waals surface area contributed by atoms with Gasteiger partial charge in [-0.15, -0.1) is 0 Å². The van der Waals surface area contributed by atoms with E-state index < -0.39 is 5.30 Å². The molecular weight excluding hydrogens is 450 g/mol. The molecule has 1 aromatic heterocycles. The summed E-state index contributed by atoms with van der Waals surface area (Å²) in [6.07, 6.45) is 1.11. The van der Waals surface area contributed by atoms with Gasteiger partial charge in [0.2, 0.25) is 0 Å². The minimum absolute atomic E-state index is 0.0974. The van der Waals surface area contributed by atoms with E-state index in [4.69, 9.17) is 14.5 Å². The van der Waals surface area contributed by atoms with Crippen LogP contribution in [0.5, 0.6) is 11.5 Å². The summed E-state index contributed by atoms with van der Waals surface area (Å²) in [5.41, 5.74) is 1.78. The molecule has 4 aromatic rings. The fourth-order valence-electron chi connectivity index (χ4n) is 4.09. The molecule has 0 aliphatic carbocycles. The Labute approximate surface area is 201 Å². The van der Waals surface area contributed by atoms with Crippen molar-refractivity contribution in [2.45, 2.75) is 24.0 Å². The maximum absolute atomic E-state index is 12.6. The number of hydrogen-bond acceptors (Lipinski definition) is 6. The van der Waals surface area contributed by atoms with Crippen LogP contribution in [0.1, 0.15) is 18.9 Å². The summed E-state index contributed by atoms with van der Waals surface area (Å²) in [6.45, 7) is 1.11. The molecule has 34 heavy (non-hydrogen) atoms. The van der Waals surface area contributed by atoms with Crippen LogP contribution in [-0.4, -0.2) is 38.9 Å². The van der Waals surface area contributed by atoms with Gasteiger partial charge in [-0.25, -0.2) is 14.6 Å². The first-order valence-electron chi connectivity index (χ1n) is 11.1. The first kappa shape index (κ1) is 22.0. The summed E-state index contributed by atoms with van der Waals surface area (Å²) in [6, 6.07) is 26.0. The Bertz CT molecular complexity index is 1290. The third kappa shape index (κ3) is 4.92. The number of nitrogens with zero attached hydrogens (tertiary/aromatic N) is 3. The van der Waals surface area contributed by atoms with Crippen molar-refractivity contribution in [1.82, 2.24) is 14.5 Å². The Morgan fingerprint density at radius 3 is 2.06 bits per heavy atom. The zero-order valence-electron chi connectivity index (χ0n) is 18.4. The van der Waals surface area contributed by atoms with Crippen molar-refractivity contribution in [1.29, 1.82) is 0 Å². The number of piperidine rings is 1. The van der Waals surface area contributed by atoms with Crippen LogP contribution < -0.4 is 9.47 Å². The van der Waals surface area contributed by atoms with E-state index in [2.05, 4.69) is 4.57 Å². The van der Waals surface area contributed by atoms with E-state index in [9.17, 15) is 9.59 Å². The van der Waals surface area contributed by atoms with Gasteiger partial charge in [0.05, 0.1) is 11.0 Å². The van der Waals surface area contributed by atoms with E-state index in [-0.39, 0.29) is 12.1 Å². The topological polar surface area (TPSA) is 73.7 Å². The molecule has 0 unspecified atom stereocenters. The van der Waals surface area contributed by atoms with E-state index in [1.165, 1.54) is 0 Å². The van der Waals surface area contributed by atoms with Crippen molar-refractivity contribution < 1.29 is 19.1 Å². The number of fused-ring (bicyclic) bond motifs is 1. The SMILES string of the molecule is O=C(Oc1ccccc1)Sc1nc2ccccc2n1C1CCN(C(=O)Oc2ccccc2)CC1. The van der Waals surface area contributed by atoms with Gasteiger partial charge >= 0.3 is 11.4 Å². The van der Waals surface area contributed by atoms with Crippen LogP contribution in [-0.2, 0) is 0 Å². The fourth-order valence-corrected chi connectivity index (χ4v) is 4.86. The second kappa shape index (κ2) is 10.0. The Kier molecular flexibility index (Phi) is 6.49. The highest BCUT2D eigenvalue weighted by molar-refractivity contribution is 8.13. The lowest BCUT2D eigenvalue weighted by Gasteiger charge is -2.32. The molecule has 2 heterocycles. The van der Waals surface area contributed by atoms with Gasteiger partial charge in [-0.05, 0) is 49.2 Å². The molecule has 8 heteroatoms. The molecule has 172 valence electrons. The maximum Gasteiger partial charge on any atom is 0.415 e. The van der Waals surface area contributed by atoms with Gasteiger partial charge in [-0.1, -0.05) is 48.5 Å². The van der Waals surface area contributed by atoms with Gasteiger partial charge in [0.1, 0.15) is 11.5 Å². The van der Waals surface area contributed by atoms with Crippen LogP contribution in [0.2, 0.25) is 0 Å². The molecule has 0 atom stereocenters. The number of imidazole rings is 1. The Morgan fingerprint density at radius 1 is 0.794 bits per heavy atom. The second-order valence-corrected chi connectivity index (χ2v) is 8.82. The van der Waals surface area contributed by atoms with Crippen molar-refractivity contribution in [3.8, 4) is 11.5 Å². The summed E-state index contributed by atoms with van der Waals surface area (Å²) in [4.78, 5) is 31.6. The molecule has 3 aromatic carbocycles. The summed E-state index contributed by atoms with van der Waals surface area (Å²) >= 11 is 0.979. The minimum atomic E-state index is -0.438. The smallest absolute Gasteiger partial charge is 0.415 e. The van der Waals surface area contributed by atoms with Crippen LogP contribution in [0.25, 0.3) is 11.0 Å². The molecule has 1 amide bonds. The average Bonchev–Trinajstić information content (AvgIpc) is 3.23. The number of hydrogen-bond donors (Lipinski definition) is 0. The number of benzene rings is 3. The van der Waals surface area contributed by atoms with Crippen LogP contribution in [0.4, 0.5) is 9.59 Å². The first-order valence-corrected chi connectivity index (χ1v) is 11.9. The molecule has 0 bridgehead atoms. The number of amides is 1. The molecule has 1 fully saturated rings. The highest BCUT2D eigenvalue weighted by Gasteiger charge is 2.29. The highest BCUT2D eigenvalue weighted by Crippen LogP contribution is 2.34. The van der Waals surface area contributed by atoms with E-state index in [1.807, 2.05) is 60.7 Å². The molecule has 0 N–H and O–H groups in total. The Morgan fingerprint density at radius 2 is 1.38 bits per heavy atom. The van der Waals surface area contributed by atoms with E-state index >= 15 is 0 Å². The number of likely N-dealkylation sites (tertiary alicyclic amines) is 1.